The molecule has 0 saturated carbocycles. The van der Waals surface area contributed by atoms with Crippen LogP contribution in [0.5, 0.6) is 0 Å². The summed E-state index contributed by atoms with van der Waals surface area (Å²) in [7, 11) is 0. The highest BCUT2D eigenvalue weighted by Gasteiger charge is 2.16. The van der Waals surface area contributed by atoms with Crippen molar-refractivity contribution in [3.63, 3.8) is 0 Å². The number of benzene rings is 4. The van der Waals surface area contributed by atoms with E-state index in [1.807, 2.05) is 78.9 Å². The van der Waals surface area contributed by atoms with Crippen molar-refractivity contribution in [1.29, 1.82) is 0 Å². The summed E-state index contributed by atoms with van der Waals surface area (Å²) in [5.41, 5.74) is 6.96. The van der Waals surface area contributed by atoms with E-state index in [0.29, 0.717) is 5.82 Å². The lowest BCUT2D eigenvalue weighted by Crippen LogP contribution is -2.19. The molecule has 0 spiro atoms. The van der Waals surface area contributed by atoms with E-state index < -0.39 is 0 Å². The van der Waals surface area contributed by atoms with Crippen LogP contribution in [0, 0.1) is 20.8 Å². The van der Waals surface area contributed by atoms with Crippen LogP contribution in [-0.2, 0) is 9.59 Å². The maximum atomic E-state index is 12.9. The number of fused-ring (bicyclic) bond motifs is 1. The molecule has 1 heterocycles. The summed E-state index contributed by atoms with van der Waals surface area (Å²) in [6, 6.07) is 29.7. The number of hydrogen-bond donors (Lipinski definition) is 2. The number of anilines is 2. The number of nitrogens with one attached hydrogen (secondary N) is 2. The monoisotopic (exact) mass is 534 g/mol. The normalized spacial score (nSPS) is 10.9. The molecule has 2 N–H and O–H groups in total. The zero-order valence-corrected chi connectivity index (χ0v) is 23.0. The van der Waals surface area contributed by atoms with E-state index in [0.717, 1.165) is 39.0 Å². The Morgan fingerprint density at radius 2 is 1.38 bits per heavy atom. The number of amides is 2. The summed E-state index contributed by atoms with van der Waals surface area (Å²) in [6.45, 7) is 6.25. The van der Waals surface area contributed by atoms with E-state index in [2.05, 4.69) is 43.5 Å². The Morgan fingerprint density at radius 1 is 0.718 bits per heavy atom. The van der Waals surface area contributed by atoms with E-state index in [1.54, 1.807) is 4.68 Å². The van der Waals surface area contributed by atoms with E-state index in [1.165, 1.54) is 22.9 Å². The van der Waals surface area contributed by atoms with E-state index in [-0.39, 0.29) is 23.3 Å². The first-order valence-corrected chi connectivity index (χ1v) is 13.9. The number of nitrogens with zero attached hydrogens (tertiary/aromatic N) is 2. The summed E-state index contributed by atoms with van der Waals surface area (Å²) in [5.74, 6) is 0.554. The van der Waals surface area contributed by atoms with Gasteiger partial charge in [0.25, 0.3) is 0 Å². The lowest BCUT2D eigenvalue weighted by atomic mass is 9.99. The Balaban J connectivity index is 1.25. The van der Waals surface area contributed by atoms with Crippen LogP contribution in [0.1, 0.15) is 16.7 Å². The van der Waals surface area contributed by atoms with Gasteiger partial charge in [0, 0.05) is 17.3 Å². The topological polar surface area (TPSA) is 76.0 Å². The van der Waals surface area contributed by atoms with Gasteiger partial charge in [0.1, 0.15) is 5.82 Å². The highest BCUT2D eigenvalue weighted by molar-refractivity contribution is 8.00. The second-order valence-electron chi connectivity index (χ2n) is 9.56. The first-order valence-electron chi connectivity index (χ1n) is 12.8. The third kappa shape index (κ3) is 6.21. The van der Waals surface area contributed by atoms with Crippen molar-refractivity contribution in [2.75, 3.05) is 22.1 Å². The molecule has 4 aromatic carbocycles. The molecule has 39 heavy (non-hydrogen) atoms. The van der Waals surface area contributed by atoms with Gasteiger partial charge in [-0.1, -0.05) is 54.6 Å². The number of carbonyl (C=O) groups excluding carboxylic acids is 2. The second-order valence-corrected chi connectivity index (χ2v) is 10.6. The minimum absolute atomic E-state index is 0.142. The molecule has 0 aliphatic carbocycles. The van der Waals surface area contributed by atoms with Crippen LogP contribution < -0.4 is 10.6 Å². The number of hydrogen-bond acceptors (Lipinski definition) is 4. The molecule has 7 heteroatoms. The molecule has 0 atom stereocenters. The first-order chi connectivity index (χ1) is 18.9. The molecule has 5 aromatic rings. The molecule has 0 saturated heterocycles. The van der Waals surface area contributed by atoms with Crippen LogP contribution in [0.3, 0.4) is 0 Å². The van der Waals surface area contributed by atoms with Crippen molar-refractivity contribution in [3.05, 3.63) is 108 Å². The van der Waals surface area contributed by atoms with Gasteiger partial charge >= 0.3 is 0 Å². The third-order valence-corrected chi connectivity index (χ3v) is 7.53. The number of aryl methyl sites for hydroxylation is 3. The minimum atomic E-state index is -0.195. The van der Waals surface area contributed by atoms with E-state index in [9.17, 15) is 9.59 Å². The quantitative estimate of drug-likeness (QED) is 0.226. The SMILES string of the molecule is Cc1cc(C)c(-c2cc(NC(=O)CSCC(=O)Nc3ccc4ccccc4c3)n(-c3ccccc3)n2)cc1C. The number of rotatable bonds is 8. The van der Waals surface area contributed by atoms with Crippen LogP contribution in [-0.4, -0.2) is 33.1 Å². The fourth-order valence-electron chi connectivity index (χ4n) is 4.48. The van der Waals surface area contributed by atoms with Crippen LogP contribution in [0.15, 0.2) is 91.0 Å². The molecule has 0 fully saturated rings. The predicted octanol–water partition coefficient (Wildman–Crippen LogP) is 6.93. The predicted molar refractivity (Wildman–Crippen MR) is 162 cm³/mol. The van der Waals surface area contributed by atoms with E-state index >= 15 is 0 Å². The average Bonchev–Trinajstić information content (AvgIpc) is 3.34. The van der Waals surface area contributed by atoms with Crippen LogP contribution >= 0.6 is 11.8 Å². The Bertz CT molecular complexity index is 1660. The summed E-state index contributed by atoms with van der Waals surface area (Å²) >= 11 is 1.27. The van der Waals surface area contributed by atoms with Gasteiger partial charge in [-0.25, -0.2) is 4.68 Å². The maximum absolute atomic E-state index is 12.9. The number of para-hydroxylation sites is 1. The fourth-order valence-corrected chi connectivity index (χ4v) is 5.10. The van der Waals surface area contributed by atoms with Crippen molar-refractivity contribution in [2.45, 2.75) is 20.8 Å². The molecule has 0 unspecified atom stereocenters. The Hall–Kier alpha value is -4.36. The minimum Gasteiger partial charge on any atom is -0.325 e. The smallest absolute Gasteiger partial charge is 0.235 e. The summed E-state index contributed by atoms with van der Waals surface area (Å²) in [4.78, 5) is 25.4. The summed E-state index contributed by atoms with van der Waals surface area (Å²) in [5, 5.41) is 12.9. The van der Waals surface area contributed by atoms with Crippen molar-refractivity contribution in [1.82, 2.24) is 9.78 Å². The van der Waals surface area contributed by atoms with Gasteiger partial charge in [0.05, 0.1) is 22.9 Å². The molecule has 2 amide bonds. The van der Waals surface area contributed by atoms with Crippen LogP contribution in [0.4, 0.5) is 11.5 Å². The lowest BCUT2D eigenvalue weighted by molar-refractivity contribution is -0.114. The number of aromatic nitrogens is 2. The Morgan fingerprint density at radius 3 is 2.15 bits per heavy atom. The van der Waals surface area contributed by atoms with Gasteiger partial charge in [0.15, 0.2) is 0 Å². The zero-order valence-electron chi connectivity index (χ0n) is 22.2. The van der Waals surface area contributed by atoms with E-state index in [4.69, 9.17) is 5.10 Å². The lowest BCUT2D eigenvalue weighted by Gasteiger charge is -2.09. The van der Waals surface area contributed by atoms with Crippen molar-refractivity contribution in [2.24, 2.45) is 0 Å². The van der Waals surface area contributed by atoms with Gasteiger partial charge in [-0.05, 0) is 78.6 Å². The zero-order chi connectivity index (χ0) is 27.4. The van der Waals surface area contributed by atoms with Gasteiger partial charge in [0.2, 0.25) is 11.8 Å². The largest absolute Gasteiger partial charge is 0.325 e. The molecule has 1 aromatic heterocycles. The molecular weight excluding hydrogens is 504 g/mol. The standard InChI is InChI=1S/C32H30N4O2S/c1-21-15-23(3)28(16-22(21)2)29-18-30(36(35-29)27-11-5-4-6-12-27)34-32(38)20-39-19-31(37)33-26-14-13-24-9-7-8-10-25(24)17-26/h4-18H,19-20H2,1-3H3,(H,33,37)(H,34,38). The highest BCUT2D eigenvalue weighted by Crippen LogP contribution is 2.29. The molecule has 0 bridgehead atoms. The Kier molecular flexibility index (Phi) is 7.79. The average molecular weight is 535 g/mol. The maximum Gasteiger partial charge on any atom is 0.235 e. The molecule has 6 nitrogen and oxygen atoms in total. The van der Waals surface area contributed by atoms with Crippen LogP contribution in [0.2, 0.25) is 0 Å². The summed E-state index contributed by atoms with van der Waals surface area (Å²) in [6.07, 6.45) is 0. The number of thioether (sulfide) groups is 1. The van der Waals surface area contributed by atoms with Gasteiger partial charge < -0.3 is 10.6 Å². The fraction of sp³-hybridized carbons (Fsp3) is 0.156. The Labute approximate surface area is 232 Å². The van der Waals surface area contributed by atoms with Crippen molar-refractivity contribution in [3.8, 4) is 16.9 Å². The van der Waals surface area contributed by atoms with Crippen LogP contribution in [0.25, 0.3) is 27.7 Å². The molecule has 0 aliphatic heterocycles. The molecule has 5 rings (SSSR count). The molecular formula is C32H30N4O2S. The number of carbonyl (C=O) groups is 2. The summed E-state index contributed by atoms with van der Waals surface area (Å²) < 4.78 is 1.75. The highest BCUT2D eigenvalue weighted by atomic mass is 32.2. The van der Waals surface area contributed by atoms with Crippen molar-refractivity contribution < 1.29 is 9.59 Å². The van der Waals surface area contributed by atoms with Gasteiger partial charge in [-0.2, -0.15) is 5.10 Å². The van der Waals surface area contributed by atoms with Gasteiger partial charge in [-0.3, -0.25) is 9.59 Å². The molecule has 0 aliphatic rings. The first kappa shape index (κ1) is 26.3. The molecule has 196 valence electrons. The van der Waals surface area contributed by atoms with Crippen molar-refractivity contribution >= 4 is 45.9 Å². The van der Waals surface area contributed by atoms with Gasteiger partial charge in [-0.15, -0.1) is 11.8 Å². The third-order valence-electron chi connectivity index (χ3n) is 6.59. The molecule has 0 radical (unpaired) electrons. The second kappa shape index (κ2) is 11.6.